The fourth-order valence-corrected chi connectivity index (χ4v) is 3.95. The number of thiazole rings is 1. The molecule has 0 saturated heterocycles. The number of hydrogen-bond donors (Lipinski definition) is 0. The maximum atomic E-state index is 12.5. The second kappa shape index (κ2) is 6.80. The highest BCUT2D eigenvalue weighted by Gasteiger charge is 2.10. The maximum Gasteiger partial charge on any atom is 0.270 e. The molecule has 6 heteroatoms. The predicted octanol–water partition coefficient (Wildman–Crippen LogP) is 3.45. The van der Waals surface area contributed by atoms with E-state index in [4.69, 9.17) is 0 Å². The van der Waals surface area contributed by atoms with Crippen molar-refractivity contribution >= 4 is 27.5 Å². The number of allylic oxidation sites excluding steroid dienone is 1. The molecule has 2 heterocycles. The molecule has 0 unspecified atom stereocenters. The summed E-state index contributed by atoms with van der Waals surface area (Å²) < 4.78 is 4.86. The highest BCUT2D eigenvalue weighted by molar-refractivity contribution is 7.16. The second-order valence-corrected chi connectivity index (χ2v) is 7.29. The molecule has 0 aliphatic carbocycles. The lowest BCUT2D eigenvalue weighted by Crippen LogP contribution is -2.19. The van der Waals surface area contributed by atoms with E-state index in [1.54, 1.807) is 4.68 Å². The number of rotatable bonds is 4. The number of nitrogens with zero attached hydrogens (tertiary/aromatic N) is 4. The number of fused-ring (bicyclic) bond motifs is 1. The number of amides is 1. The van der Waals surface area contributed by atoms with Crippen molar-refractivity contribution in [3.63, 3.8) is 0 Å². The Hall–Kier alpha value is -2.47. The lowest BCUT2D eigenvalue weighted by Gasteiger charge is -2.04. The lowest BCUT2D eigenvalue weighted by atomic mass is 10.1. The van der Waals surface area contributed by atoms with Gasteiger partial charge in [-0.25, -0.2) is 0 Å². The van der Waals surface area contributed by atoms with Crippen LogP contribution in [0.4, 0.5) is 0 Å². The molecule has 0 atom stereocenters. The minimum atomic E-state index is -0.205. The van der Waals surface area contributed by atoms with Gasteiger partial charge in [0.05, 0.1) is 15.9 Å². The Balaban J connectivity index is 2.05. The smallest absolute Gasteiger partial charge is 0.270 e. The van der Waals surface area contributed by atoms with Gasteiger partial charge in [-0.2, -0.15) is 10.1 Å². The molecule has 0 aliphatic rings. The van der Waals surface area contributed by atoms with Gasteiger partial charge in [-0.15, -0.1) is 6.58 Å². The Kier molecular flexibility index (Phi) is 4.72. The van der Waals surface area contributed by atoms with Gasteiger partial charge >= 0.3 is 0 Å². The zero-order chi connectivity index (χ0) is 18.1. The molecule has 2 aromatic heterocycles. The van der Waals surface area contributed by atoms with E-state index in [2.05, 4.69) is 42.7 Å². The fourth-order valence-electron chi connectivity index (χ4n) is 2.82. The number of hydrogen-bond acceptors (Lipinski definition) is 3. The van der Waals surface area contributed by atoms with Crippen molar-refractivity contribution < 1.29 is 4.79 Å². The summed E-state index contributed by atoms with van der Waals surface area (Å²) >= 11 is 1.53. The topological polar surface area (TPSA) is 52.2 Å². The van der Waals surface area contributed by atoms with Crippen LogP contribution in [-0.2, 0) is 17.9 Å². The van der Waals surface area contributed by atoms with Crippen LogP contribution in [0.15, 0.2) is 35.8 Å². The Morgan fingerprint density at radius 2 is 1.96 bits per heavy atom. The van der Waals surface area contributed by atoms with E-state index in [1.165, 1.54) is 22.5 Å². The van der Waals surface area contributed by atoms with Gasteiger partial charge < -0.3 is 4.57 Å². The van der Waals surface area contributed by atoms with Crippen LogP contribution in [0.25, 0.3) is 10.2 Å². The van der Waals surface area contributed by atoms with E-state index in [0.29, 0.717) is 11.3 Å². The Morgan fingerprint density at radius 3 is 2.60 bits per heavy atom. The van der Waals surface area contributed by atoms with Crippen LogP contribution in [-0.4, -0.2) is 20.3 Å². The molecule has 0 spiro atoms. The van der Waals surface area contributed by atoms with Crippen LogP contribution >= 0.6 is 11.3 Å². The van der Waals surface area contributed by atoms with Crippen molar-refractivity contribution in [1.29, 1.82) is 0 Å². The van der Waals surface area contributed by atoms with Crippen LogP contribution in [0.3, 0.4) is 0 Å². The number of aromatic nitrogens is 3. The first-order valence-corrected chi connectivity index (χ1v) is 9.01. The molecule has 0 aliphatic heterocycles. The fraction of sp³-hybridized carbons (Fsp3) is 0.316. The van der Waals surface area contributed by atoms with Crippen molar-refractivity contribution in [3.05, 3.63) is 58.2 Å². The molecule has 0 fully saturated rings. The molecular weight excluding hydrogens is 332 g/mol. The molecule has 130 valence electrons. The van der Waals surface area contributed by atoms with Crippen molar-refractivity contribution in [2.75, 3.05) is 0 Å². The van der Waals surface area contributed by atoms with Gasteiger partial charge in [0, 0.05) is 12.2 Å². The summed E-state index contributed by atoms with van der Waals surface area (Å²) in [6, 6.07) is 6.25. The normalized spacial score (nSPS) is 12.1. The molecule has 25 heavy (non-hydrogen) atoms. The van der Waals surface area contributed by atoms with Gasteiger partial charge in [0.2, 0.25) is 0 Å². The zero-order valence-corrected chi connectivity index (χ0v) is 15.9. The Labute approximate surface area is 150 Å². The third-order valence-electron chi connectivity index (χ3n) is 4.22. The molecule has 0 N–H and O–H groups in total. The molecule has 5 nitrogen and oxygen atoms in total. The Bertz CT molecular complexity index is 1040. The van der Waals surface area contributed by atoms with E-state index in [0.717, 1.165) is 21.6 Å². The maximum absolute atomic E-state index is 12.5. The van der Waals surface area contributed by atoms with Gasteiger partial charge in [0.15, 0.2) is 4.80 Å². The van der Waals surface area contributed by atoms with Gasteiger partial charge in [-0.05, 0) is 57.0 Å². The van der Waals surface area contributed by atoms with Gasteiger partial charge in [0.1, 0.15) is 6.54 Å². The summed E-state index contributed by atoms with van der Waals surface area (Å²) in [5, 5.41) is 4.33. The van der Waals surface area contributed by atoms with E-state index in [-0.39, 0.29) is 12.5 Å². The highest BCUT2D eigenvalue weighted by Crippen LogP contribution is 2.22. The summed E-state index contributed by atoms with van der Waals surface area (Å²) in [5.41, 5.74) is 5.41. The summed E-state index contributed by atoms with van der Waals surface area (Å²) in [7, 11) is 0. The minimum Gasteiger partial charge on any atom is -0.312 e. The van der Waals surface area contributed by atoms with Crippen LogP contribution in [0.5, 0.6) is 0 Å². The molecule has 0 bridgehead atoms. The van der Waals surface area contributed by atoms with E-state index >= 15 is 0 Å². The van der Waals surface area contributed by atoms with Crippen LogP contribution in [0, 0.1) is 27.7 Å². The van der Waals surface area contributed by atoms with Crippen LogP contribution in [0.2, 0.25) is 0 Å². The molecule has 0 radical (unpaired) electrons. The standard InChI is InChI=1S/C19H22N4OS/c1-6-7-22-16-8-12(2)13(3)9-17(16)25-19(22)20-18(24)11-23-15(5)10-14(4)21-23/h6,8-10H,1,7,11H2,2-5H3. The van der Waals surface area contributed by atoms with Crippen molar-refractivity contribution in [2.24, 2.45) is 4.99 Å². The molecule has 1 amide bonds. The molecule has 1 aromatic carbocycles. The SMILES string of the molecule is C=CCn1c(=NC(=O)Cn2nc(C)cc2C)sc2cc(C)c(C)cc21. The van der Waals surface area contributed by atoms with Crippen LogP contribution in [0.1, 0.15) is 22.5 Å². The average molecular weight is 354 g/mol. The number of aryl methyl sites for hydroxylation is 4. The van der Waals surface area contributed by atoms with Crippen LogP contribution < -0.4 is 4.80 Å². The first kappa shape index (κ1) is 17.4. The molecule has 3 aromatic rings. The molecular formula is C19H22N4OS. The largest absolute Gasteiger partial charge is 0.312 e. The molecule has 3 rings (SSSR count). The lowest BCUT2D eigenvalue weighted by molar-refractivity contribution is -0.118. The van der Waals surface area contributed by atoms with Gasteiger partial charge in [-0.1, -0.05) is 17.4 Å². The molecule has 0 saturated carbocycles. The van der Waals surface area contributed by atoms with Crippen molar-refractivity contribution in [1.82, 2.24) is 14.3 Å². The first-order chi connectivity index (χ1) is 11.9. The predicted molar refractivity (Wildman–Crippen MR) is 102 cm³/mol. The number of carbonyl (C=O) groups excluding carboxylic acids is 1. The van der Waals surface area contributed by atoms with Crippen molar-refractivity contribution in [2.45, 2.75) is 40.8 Å². The third-order valence-corrected chi connectivity index (χ3v) is 5.26. The highest BCUT2D eigenvalue weighted by atomic mass is 32.1. The third kappa shape index (κ3) is 3.49. The van der Waals surface area contributed by atoms with Gasteiger partial charge in [-0.3, -0.25) is 9.48 Å². The summed E-state index contributed by atoms with van der Waals surface area (Å²) in [4.78, 5) is 17.5. The van der Waals surface area contributed by atoms with E-state index < -0.39 is 0 Å². The summed E-state index contributed by atoms with van der Waals surface area (Å²) in [6.45, 7) is 12.6. The van der Waals surface area contributed by atoms with E-state index in [9.17, 15) is 4.79 Å². The number of benzene rings is 1. The Morgan fingerprint density at radius 1 is 1.24 bits per heavy atom. The number of carbonyl (C=O) groups is 1. The van der Waals surface area contributed by atoms with Crippen molar-refractivity contribution in [3.8, 4) is 0 Å². The monoisotopic (exact) mass is 354 g/mol. The van der Waals surface area contributed by atoms with E-state index in [1.807, 2.05) is 30.6 Å². The first-order valence-electron chi connectivity index (χ1n) is 8.19. The summed E-state index contributed by atoms with van der Waals surface area (Å²) in [5.74, 6) is -0.205. The second-order valence-electron chi connectivity index (χ2n) is 6.28. The quantitative estimate of drug-likeness (QED) is 0.674. The minimum absolute atomic E-state index is 0.153. The van der Waals surface area contributed by atoms with Gasteiger partial charge in [0.25, 0.3) is 5.91 Å². The zero-order valence-electron chi connectivity index (χ0n) is 15.0. The summed E-state index contributed by atoms with van der Waals surface area (Å²) in [6.07, 6.45) is 1.83. The average Bonchev–Trinajstić information content (AvgIpc) is 3.01.